The number of amides is 1. The van der Waals surface area contributed by atoms with Crippen molar-refractivity contribution in [2.24, 2.45) is 5.92 Å². The third-order valence-electron chi connectivity index (χ3n) is 5.73. The van der Waals surface area contributed by atoms with Crippen molar-refractivity contribution in [2.45, 2.75) is 26.3 Å². The fourth-order valence-electron chi connectivity index (χ4n) is 4.15. The van der Waals surface area contributed by atoms with Gasteiger partial charge in [0.1, 0.15) is 12.4 Å². The summed E-state index contributed by atoms with van der Waals surface area (Å²) in [5.74, 6) is -0.801. The van der Waals surface area contributed by atoms with E-state index in [1.807, 2.05) is 49.6 Å². The number of ketones is 1. The van der Waals surface area contributed by atoms with Crippen LogP contribution in [0.5, 0.6) is 5.75 Å². The topological polar surface area (TPSA) is 89.0 Å². The van der Waals surface area contributed by atoms with E-state index in [4.69, 9.17) is 9.47 Å². The lowest BCUT2D eigenvalue weighted by Gasteiger charge is -2.28. The maximum Gasteiger partial charge on any atom is 0.294 e. The number of rotatable bonds is 10. The molecule has 1 unspecified atom stereocenters. The first-order chi connectivity index (χ1) is 16.9. The molecule has 0 aliphatic carbocycles. The van der Waals surface area contributed by atoms with Crippen LogP contribution in [0.4, 0.5) is 5.69 Å². The van der Waals surface area contributed by atoms with Crippen molar-refractivity contribution in [3.63, 3.8) is 0 Å². The first-order valence-corrected chi connectivity index (χ1v) is 12.4. The van der Waals surface area contributed by atoms with Crippen LogP contribution in [0, 0.1) is 5.92 Å². The van der Waals surface area contributed by atoms with Crippen LogP contribution < -0.4 is 9.64 Å². The zero-order valence-corrected chi connectivity index (χ0v) is 20.7. The lowest BCUT2D eigenvalue weighted by Crippen LogP contribution is -2.31. The Morgan fingerprint density at radius 1 is 1.14 bits per heavy atom. The van der Waals surface area contributed by atoms with Gasteiger partial charge in [-0.15, -0.1) is 11.3 Å². The maximum atomic E-state index is 13.4. The molecule has 182 valence electrons. The fraction of sp³-hybridized carbons (Fsp3) is 0.296. The fourth-order valence-corrected chi connectivity index (χ4v) is 4.71. The number of carbonyl (C=O) groups excluding carboxylic acids is 2. The van der Waals surface area contributed by atoms with Gasteiger partial charge < -0.3 is 14.6 Å². The molecule has 1 amide bonds. The molecule has 4 rings (SSSR count). The van der Waals surface area contributed by atoms with Crippen LogP contribution in [0.1, 0.15) is 31.9 Å². The lowest BCUT2D eigenvalue weighted by molar-refractivity contribution is -0.118. The Bertz CT molecular complexity index is 1220. The van der Waals surface area contributed by atoms with Crippen molar-refractivity contribution < 1.29 is 24.2 Å². The predicted octanol–water partition coefficient (Wildman–Crippen LogP) is 5.35. The van der Waals surface area contributed by atoms with Crippen LogP contribution >= 0.6 is 11.3 Å². The lowest BCUT2D eigenvalue weighted by atomic mass is 9.91. The third kappa shape index (κ3) is 5.13. The number of para-hydroxylation sites is 1. The summed E-state index contributed by atoms with van der Waals surface area (Å²) < 4.78 is 11.0. The van der Waals surface area contributed by atoms with Gasteiger partial charge in [0.25, 0.3) is 5.91 Å². The average molecular weight is 493 g/mol. The van der Waals surface area contributed by atoms with Gasteiger partial charge in [-0.1, -0.05) is 44.2 Å². The highest BCUT2D eigenvalue weighted by molar-refractivity contribution is 7.07. The minimum absolute atomic E-state index is 0.0678. The Balaban J connectivity index is 1.79. The number of Topliss-reactive ketones (excluding diaryl/α,β-unsaturated/α-hetero) is 1. The average Bonchev–Trinajstić information content (AvgIpc) is 3.47. The van der Waals surface area contributed by atoms with Crippen molar-refractivity contribution in [2.75, 3.05) is 25.2 Å². The number of hydrogen-bond acceptors (Lipinski definition) is 7. The summed E-state index contributed by atoms with van der Waals surface area (Å²) in [5.41, 5.74) is 4.79. The van der Waals surface area contributed by atoms with Crippen molar-refractivity contribution in [1.82, 2.24) is 4.98 Å². The van der Waals surface area contributed by atoms with E-state index in [1.54, 1.807) is 30.8 Å². The van der Waals surface area contributed by atoms with Crippen molar-refractivity contribution in [3.05, 3.63) is 76.3 Å². The zero-order valence-electron chi connectivity index (χ0n) is 19.9. The monoisotopic (exact) mass is 492 g/mol. The van der Waals surface area contributed by atoms with Gasteiger partial charge in [0, 0.05) is 35.7 Å². The molecule has 8 heteroatoms. The van der Waals surface area contributed by atoms with Gasteiger partial charge in [0.15, 0.2) is 11.5 Å². The number of ether oxygens (including phenoxy) is 2. The van der Waals surface area contributed by atoms with Crippen LogP contribution in [0.25, 0.3) is 11.3 Å². The molecule has 1 atom stereocenters. The SMILES string of the molecule is COCCOc1ccccc1C1C(C(=O)CC(C)C)=C(O)C(=O)N1c1ccc(-c2cscn2)cc1. The Labute approximate surface area is 208 Å². The first-order valence-electron chi connectivity index (χ1n) is 11.4. The molecule has 0 saturated carbocycles. The van der Waals surface area contributed by atoms with Crippen molar-refractivity contribution >= 4 is 28.7 Å². The number of anilines is 1. The molecule has 0 saturated heterocycles. The third-order valence-corrected chi connectivity index (χ3v) is 6.32. The molecular weight excluding hydrogens is 464 g/mol. The molecule has 1 aliphatic rings. The van der Waals surface area contributed by atoms with E-state index in [0.717, 1.165) is 11.3 Å². The normalized spacial score (nSPS) is 15.8. The number of methoxy groups -OCH3 is 1. The quantitative estimate of drug-likeness (QED) is 0.384. The highest BCUT2D eigenvalue weighted by Crippen LogP contribution is 2.44. The maximum absolute atomic E-state index is 13.4. The van der Waals surface area contributed by atoms with E-state index in [-0.39, 0.29) is 23.7 Å². The largest absolute Gasteiger partial charge is 0.503 e. The molecule has 1 aliphatic heterocycles. The molecule has 3 aromatic rings. The number of aromatic nitrogens is 1. The van der Waals surface area contributed by atoms with Gasteiger partial charge >= 0.3 is 0 Å². The Morgan fingerprint density at radius 2 is 1.89 bits per heavy atom. The summed E-state index contributed by atoms with van der Waals surface area (Å²) in [4.78, 5) is 32.5. The first kappa shape index (κ1) is 24.6. The van der Waals surface area contributed by atoms with Gasteiger partial charge in [-0.2, -0.15) is 0 Å². The van der Waals surface area contributed by atoms with E-state index in [9.17, 15) is 14.7 Å². The van der Waals surface area contributed by atoms with Gasteiger partial charge in [0.2, 0.25) is 0 Å². The second-order valence-electron chi connectivity index (χ2n) is 8.66. The predicted molar refractivity (Wildman–Crippen MR) is 136 cm³/mol. The summed E-state index contributed by atoms with van der Waals surface area (Å²) in [7, 11) is 1.59. The Morgan fingerprint density at radius 3 is 2.54 bits per heavy atom. The number of carbonyl (C=O) groups is 2. The Kier molecular flexibility index (Phi) is 7.63. The summed E-state index contributed by atoms with van der Waals surface area (Å²) in [6.07, 6.45) is 0.215. The molecule has 2 heterocycles. The van der Waals surface area contributed by atoms with E-state index in [1.165, 1.54) is 16.2 Å². The van der Waals surface area contributed by atoms with Crippen molar-refractivity contribution in [3.8, 4) is 17.0 Å². The Hall–Kier alpha value is -3.49. The molecule has 0 spiro atoms. The molecule has 1 N–H and O–H groups in total. The molecule has 0 radical (unpaired) electrons. The number of thiazole rings is 1. The van der Waals surface area contributed by atoms with E-state index in [0.29, 0.717) is 30.2 Å². The molecule has 0 bridgehead atoms. The number of aliphatic hydroxyl groups excluding tert-OH is 1. The van der Waals surface area contributed by atoms with E-state index in [2.05, 4.69) is 4.98 Å². The molecule has 7 nitrogen and oxygen atoms in total. The number of hydrogen-bond donors (Lipinski definition) is 1. The molecule has 0 fully saturated rings. The molecule has 2 aromatic carbocycles. The van der Waals surface area contributed by atoms with Crippen LogP contribution in [-0.4, -0.2) is 42.1 Å². The summed E-state index contributed by atoms with van der Waals surface area (Å²) in [6.45, 7) is 4.55. The zero-order chi connectivity index (χ0) is 24.9. The van der Waals surface area contributed by atoms with Crippen LogP contribution in [0.15, 0.2) is 70.8 Å². The van der Waals surface area contributed by atoms with Gasteiger partial charge in [0.05, 0.1) is 29.4 Å². The summed E-state index contributed by atoms with van der Waals surface area (Å²) in [6, 6.07) is 13.8. The second-order valence-corrected chi connectivity index (χ2v) is 9.38. The molecule has 1 aromatic heterocycles. The molecule has 35 heavy (non-hydrogen) atoms. The van der Waals surface area contributed by atoms with E-state index >= 15 is 0 Å². The summed E-state index contributed by atoms with van der Waals surface area (Å²) in [5, 5.41) is 12.9. The van der Waals surface area contributed by atoms with Gasteiger partial charge in [-0.3, -0.25) is 14.5 Å². The number of nitrogens with zero attached hydrogens (tertiary/aromatic N) is 2. The van der Waals surface area contributed by atoms with Crippen LogP contribution in [0.2, 0.25) is 0 Å². The number of aliphatic hydroxyl groups is 1. The highest BCUT2D eigenvalue weighted by Gasteiger charge is 2.45. The van der Waals surface area contributed by atoms with E-state index < -0.39 is 17.7 Å². The van der Waals surface area contributed by atoms with Crippen molar-refractivity contribution in [1.29, 1.82) is 0 Å². The van der Waals surface area contributed by atoms with Gasteiger partial charge in [-0.25, -0.2) is 4.98 Å². The highest BCUT2D eigenvalue weighted by atomic mass is 32.1. The van der Waals surface area contributed by atoms with Crippen LogP contribution in [0.3, 0.4) is 0 Å². The minimum Gasteiger partial charge on any atom is -0.503 e. The van der Waals surface area contributed by atoms with Crippen LogP contribution in [-0.2, 0) is 14.3 Å². The standard InChI is InChI=1S/C27H28N2O5S/c1-17(2)14-22(30)24-25(20-6-4-5-7-23(20)34-13-12-33-3)29(27(32)26(24)31)19-10-8-18(9-11-19)21-15-35-16-28-21/h4-11,15-17,25,31H,12-14H2,1-3H3. The van der Waals surface area contributed by atoms with Gasteiger partial charge in [-0.05, 0) is 24.1 Å². The second kappa shape index (κ2) is 10.8. The smallest absolute Gasteiger partial charge is 0.294 e. The molecular formula is C27H28N2O5S. The summed E-state index contributed by atoms with van der Waals surface area (Å²) >= 11 is 1.50. The number of benzene rings is 2. The minimum atomic E-state index is -0.822.